The molecule has 1 aromatic heterocycles. The first-order valence-electron chi connectivity index (χ1n) is 7.63. The minimum absolute atomic E-state index is 0.0905. The van der Waals surface area contributed by atoms with E-state index < -0.39 is 0 Å². The highest BCUT2D eigenvalue weighted by atomic mass is 16.5. The lowest BCUT2D eigenvalue weighted by Crippen LogP contribution is -2.33. The van der Waals surface area contributed by atoms with Gasteiger partial charge in [0.25, 0.3) is 0 Å². The second-order valence-corrected chi connectivity index (χ2v) is 5.73. The van der Waals surface area contributed by atoms with E-state index in [9.17, 15) is 4.79 Å². The Bertz CT molecular complexity index is 747. The average molecular weight is 310 g/mol. The van der Waals surface area contributed by atoms with E-state index in [-0.39, 0.29) is 11.9 Å². The van der Waals surface area contributed by atoms with Crippen LogP contribution in [0.3, 0.4) is 0 Å². The summed E-state index contributed by atoms with van der Waals surface area (Å²) >= 11 is 0. The molecule has 1 saturated heterocycles. The number of rotatable bonds is 4. The maximum absolute atomic E-state index is 12.3. The van der Waals surface area contributed by atoms with Gasteiger partial charge >= 0.3 is 0 Å². The summed E-state index contributed by atoms with van der Waals surface area (Å²) in [6, 6.07) is 11.0. The number of aryl methyl sites for hydroxylation is 1. The smallest absolute Gasteiger partial charge is 0.238 e. The van der Waals surface area contributed by atoms with Gasteiger partial charge in [0.15, 0.2) is 0 Å². The maximum atomic E-state index is 12.3. The molecule has 6 heteroatoms. The number of aromatic nitrogens is 1. The summed E-state index contributed by atoms with van der Waals surface area (Å²) < 4.78 is 5.14. The van der Waals surface area contributed by atoms with Crippen molar-refractivity contribution in [3.63, 3.8) is 0 Å². The van der Waals surface area contributed by atoms with Gasteiger partial charge in [0.1, 0.15) is 11.5 Å². The highest BCUT2D eigenvalue weighted by Crippen LogP contribution is 2.31. The molecule has 2 aromatic rings. The lowest BCUT2D eigenvalue weighted by atomic mass is 10.1. The zero-order valence-electron chi connectivity index (χ0n) is 13.0. The Labute approximate surface area is 134 Å². The molecule has 1 fully saturated rings. The number of amides is 1. The molecule has 3 rings (SSSR count). The summed E-state index contributed by atoms with van der Waals surface area (Å²) in [5.41, 5.74) is 2.06. The van der Waals surface area contributed by atoms with Gasteiger partial charge in [-0.3, -0.25) is 9.69 Å². The van der Waals surface area contributed by atoms with Crippen LogP contribution in [-0.4, -0.2) is 29.1 Å². The number of carbonyl (C=O) groups is 1. The fourth-order valence-corrected chi connectivity index (χ4v) is 2.94. The monoisotopic (exact) mass is 310 g/mol. The van der Waals surface area contributed by atoms with Crippen LogP contribution >= 0.6 is 0 Å². The number of nitriles is 1. The van der Waals surface area contributed by atoms with Gasteiger partial charge in [0, 0.05) is 11.8 Å². The van der Waals surface area contributed by atoms with Crippen molar-refractivity contribution in [2.45, 2.75) is 25.8 Å². The van der Waals surface area contributed by atoms with Crippen molar-refractivity contribution >= 4 is 11.6 Å². The average Bonchev–Trinajstić information content (AvgIpc) is 3.16. The van der Waals surface area contributed by atoms with E-state index >= 15 is 0 Å². The second-order valence-electron chi connectivity index (χ2n) is 5.73. The number of nitrogens with zero attached hydrogens (tertiary/aromatic N) is 3. The highest BCUT2D eigenvalue weighted by Gasteiger charge is 2.29. The second kappa shape index (κ2) is 6.63. The molecule has 2 heterocycles. The Morgan fingerprint density at radius 3 is 3.13 bits per heavy atom. The summed E-state index contributed by atoms with van der Waals surface area (Å²) in [5.74, 6) is 0.692. The number of nitrogens with one attached hydrogen (secondary N) is 1. The fraction of sp³-hybridized carbons (Fsp3) is 0.353. The zero-order valence-corrected chi connectivity index (χ0v) is 13.0. The first-order valence-corrected chi connectivity index (χ1v) is 7.63. The van der Waals surface area contributed by atoms with Crippen molar-refractivity contribution in [1.82, 2.24) is 10.1 Å². The molecule has 0 radical (unpaired) electrons. The van der Waals surface area contributed by atoms with Gasteiger partial charge in [-0.2, -0.15) is 5.26 Å². The summed E-state index contributed by atoms with van der Waals surface area (Å²) in [6.45, 7) is 3.03. The third kappa shape index (κ3) is 3.58. The van der Waals surface area contributed by atoms with Gasteiger partial charge in [-0.05, 0) is 44.5 Å². The molecule has 0 saturated carbocycles. The molecule has 6 nitrogen and oxygen atoms in total. The topological polar surface area (TPSA) is 82.2 Å². The molecular formula is C17H18N4O2. The van der Waals surface area contributed by atoms with E-state index in [0.29, 0.717) is 17.8 Å². The number of anilines is 1. The minimum Gasteiger partial charge on any atom is -0.361 e. The third-order valence-corrected chi connectivity index (χ3v) is 3.97. The van der Waals surface area contributed by atoms with Gasteiger partial charge in [-0.25, -0.2) is 0 Å². The van der Waals surface area contributed by atoms with E-state index in [1.807, 2.05) is 13.0 Å². The Kier molecular flexibility index (Phi) is 4.40. The summed E-state index contributed by atoms with van der Waals surface area (Å²) in [7, 11) is 0. The molecule has 0 aliphatic carbocycles. The summed E-state index contributed by atoms with van der Waals surface area (Å²) in [5, 5.41) is 15.8. The normalized spacial score (nSPS) is 17.8. The molecule has 1 aliphatic heterocycles. The van der Waals surface area contributed by atoms with E-state index in [4.69, 9.17) is 9.78 Å². The molecule has 1 unspecified atom stereocenters. The Morgan fingerprint density at radius 1 is 1.52 bits per heavy atom. The van der Waals surface area contributed by atoms with E-state index in [1.165, 1.54) is 0 Å². The number of hydrogen-bond donors (Lipinski definition) is 1. The van der Waals surface area contributed by atoms with E-state index in [1.54, 1.807) is 24.3 Å². The number of carbonyl (C=O) groups excluding carboxylic acids is 1. The summed E-state index contributed by atoms with van der Waals surface area (Å²) in [4.78, 5) is 14.4. The number of likely N-dealkylation sites (tertiary alicyclic amines) is 1. The van der Waals surface area contributed by atoms with Crippen LogP contribution in [0.1, 0.15) is 35.9 Å². The Morgan fingerprint density at radius 2 is 2.39 bits per heavy atom. The number of hydrogen-bond acceptors (Lipinski definition) is 5. The molecule has 118 valence electrons. The lowest BCUT2D eigenvalue weighted by molar-refractivity contribution is -0.117. The SMILES string of the molecule is Cc1cc(C2CCCN2CC(=O)Nc2cccc(C#N)c2)no1. The Balaban J connectivity index is 1.64. The first-order chi connectivity index (χ1) is 11.2. The van der Waals surface area contributed by atoms with Gasteiger partial charge in [-0.1, -0.05) is 11.2 Å². The van der Waals surface area contributed by atoms with Crippen molar-refractivity contribution in [3.05, 3.63) is 47.3 Å². The van der Waals surface area contributed by atoms with Crippen LogP contribution in [0.4, 0.5) is 5.69 Å². The van der Waals surface area contributed by atoms with Crippen molar-refractivity contribution in [1.29, 1.82) is 5.26 Å². The van der Waals surface area contributed by atoms with Crippen molar-refractivity contribution in [2.24, 2.45) is 0 Å². The molecule has 0 spiro atoms. The Hall–Kier alpha value is -2.65. The molecule has 1 aromatic carbocycles. The van der Waals surface area contributed by atoms with E-state index in [2.05, 4.69) is 21.4 Å². The van der Waals surface area contributed by atoms with Crippen molar-refractivity contribution in [2.75, 3.05) is 18.4 Å². The van der Waals surface area contributed by atoms with Gasteiger partial charge < -0.3 is 9.84 Å². The molecule has 1 aliphatic rings. The molecule has 23 heavy (non-hydrogen) atoms. The molecule has 1 amide bonds. The van der Waals surface area contributed by atoms with Crippen LogP contribution in [0.25, 0.3) is 0 Å². The molecule has 0 bridgehead atoms. The summed E-state index contributed by atoms with van der Waals surface area (Å²) in [6.07, 6.45) is 2.01. The van der Waals surface area contributed by atoms with Crippen LogP contribution in [-0.2, 0) is 4.79 Å². The highest BCUT2D eigenvalue weighted by molar-refractivity contribution is 5.92. The fourth-order valence-electron chi connectivity index (χ4n) is 2.94. The van der Waals surface area contributed by atoms with Gasteiger partial charge in [-0.15, -0.1) is 0 Å². The largest absolute Gasteiger partial charge is 0.361 e. The molecule has 1 N–H and O–H groups in total. The van der Waals surface area contributed by atoms with Crippen LogP contribution in [0.2, 0.25) is 0 Å². The predicted octanol–water partition coefficient (Wildman–Crippen LogP) is 2.63. The minimum atomic E-state index is -0.0905. The molecular weight excluding hydrogens is 292 g/mol. The van der Waals surface area contributed by atoms with Crippen molar-refractivity contribution < 1.29 is 9.32 Å². The van der Waals surface area contributed by atoms with Crippen LogP contribution in [0.5, 0.6) is 0 Å². The quantitative estimate of drug-likeness (QED) is 0.938. The maximum Gasteiger partial charge on any atom is 0.238 e. The molecule has 1 atom stereocenters. The van der Waals surface area contributed by atoms with Crippen LogP contribution in [0.15, 0.2) is 34.9 Å². The van der Waals surface area contributed by atoms with Gasteiger partial charge in [0.05, 0.1) is 24.2 Å². The van der Waals surface area contributed by atoms with Crippen molar-refractivity contribution in [3.8, 4) is 6.07 Å². The standard InChI is InChI=1S/C17H18N4O2/c1-12-8-15(20-23-12)16-6-3-7-21(16)11-17(22)19-14-5-2-4-13(9-14)10-18/h2,4-5,8-9,16H,3,6-7,11H2,1H3,(H,19,22). The van der Waals surface area contributed by atoms with Crippen LogP contribution < -0.4 is 5.32 Å². The third-order valence-electron chi connectivity index (χ3n) is 3.97. The zero-order chi connectivity index (χ0) is 16.2. The predicted molar refractivity (Wildman–Crippen MR) is 84.6 cm³/mol. The van der Waals surface area contributed by atoms with E-state index in [0.717, 1.165) is 30.8 Å². The number of benzene rings is 1. The first kappa shape index (κ1) is 15.3. The van der Waals surface area contributed by atoms with Gasteiger partial charge in [0.2, 0.25) is 5.91 Å². The van der Waals surface area contributed by atoms with Crippen LogP contribution in [0, 0.1) is 18.3 Å². The lowest BCUT2D eigenvalue weighted by Gasteiger charge is -2.21.